The van der Waals surface area contributed by atoms with Gasteiger partial charge in [0.25, 0.3) is 11.8 Å². The number of rotatable bonds is 8. The van der Waals surface area contributed by atoms with E-state index in [0.29, 0.717) is 30.1 Å². The largest absolute Gasteiger partial charge is 0.457 e. The van der Waals surface area contributed by atoms with Gasteiger partial charge >= 0.3 is 0 Å². The van der Waals surface area contributed by atoms with Gasteiger partial charge in [0.1, 0.15) is 23.1 Å². The van der Waals surface area contributed by atoms with E-state index in [4.69, 9.17) is 9.47 Å². The van der Waals surface area contributed by atoms with Crippen LogP contribution in [-0.4, -0.2) is 93.5 Å². The topological polar surface area (TPSA) is 159 Å². The Morgan fingerprint density at radius 3 is 2.62 bits per heavy atom. The summed E-state index contributed by atoms with van der Waals surface area (Å²) in [6.45, 7) is 6.25. The van der Waals surface area contributed by atoms with Crippen LogP contribution in [0.2, 0.25) is 0 Å². The molecule has 1 saturated heterocycles. The Labute approximate surface area is 300 Å². The van der Waals surface area contributed by atoms with Crippen LogP contribution in [0.25, 0.3) is 0 Å². The van der Waals surface area contributed by atoms with Crippen LogP contribution in [0.4, 0.5) is 4.39 Å². The Morgan fingerprint density at radius 1 is 1.04 bits per heavy atom. The number of halogens is 1. The Balaban J connectivity index is 1.27. The summed E-state index contributed by atoms with van der Waals surface area (Å²) in [5, 5.41) is 12.7. The molecule has 2 atom stereocenters. The number of ether oxygens (including phenoxy) is 2. The standard InChI is InChI=1S/C38H42FN7O6/c1-4-11-45-21-35(47)42-32-19-46(36(48)17-26-8-6-5-7-23(26)2)20-33(32)51-22-25-12-29(39)18-30(13-25)52-31-15-27(14-28(16-31)38(45)50)37(49)40-10-9-34-41-24(3)43-44-34/h5-8,12-16,18,32-33H,4,9-11,17,19-22H2,1-3H3,(H,40,49)(H,42,47)(H,41,43,44)/t32-,33-/m1/s1. The number of nitrogens with one attached hydrogen (secondary N) is 3. The van der Waals surface area contributed by atoms with Crippen molar-refractivity contribution < 1.29 is 33.0 Å². The van der Waals surface area contributed by atoms with E-state index in [9.17, 15) is 23.6 Å². The van der Waals surface area contributed by atoms with E-state index in [0.717, 1.165) is 11.1 Å². The third-order valence-electron chi connectivity index (χ3n) is 9.01. The molecule has 6 rings (SSSR count). The molecule has 3 N–H and O–H groups in total. The van der Waals surface area contributed by atoms with Crippen LogP contribution in [0.15, 0.2) is 60.7 Å². The molecule has 4 amide bonds. The lowest BCUT2D eigenvalue weighted by molar-refractivity contribution is -0.130. The van der Waals surface area contributed by atoms with Crippen molar-refractivity contribution in [2.75, 3.05) is 32.7 Å². The van der Waals surface area contributed by atoms with Gasteiger partial charge in [-0.3, -0.25) is 24.3 Å². The Bertz CT molecular complexity index is 1970. The van der Waals surface area contributed by atoms with Crippen molar-refractivity contribution in [3.63, 3.8) is 0 Å². The van der Waals surface area contributed by atoms with Crippen molar-refractivity contribution in [3.05, 3.63) is 106 Å². The summed E-state index contributed by atoms with van der Waals surface area (Å²) in [4.78, 5) is 61.7. The zero-order valence-electron chi connectivity index (χ0n) is 29.4. The third-order valence-corrected chi connectivity index (χ3v) is 9.01. The van der Waals surface area contributed by atoms with Gasteiger partial charge in [-0.05, 0) is 67.3 Å². The van der Waals surface area contributed by atoms with Gasteiger partial charge in [-0.15, -0.1) is 0 Å². The third kappa shape index (κ3) is 8.99. The van der Waals surface area contributed by atoms with Crippen molar-refractivity contribution in [2.24, 2.45) is 0 Å². The zero-order chi connectivity index (χ0) is 36.8. The van der Waals surface area contributed by atoms with Crippen LogP contribution < -0.4 is 15.4 Å². The molecule has 14 heteroatoms. The minimum absolute atomic E-state index is 0.0243. The maximum Gasteiger partial charge on any atom is 0.254 e. The molecule has 2 aliphatic heterocycles. The van der Waals surface area contributed by atoms with Gasteiger partial charge in [-0.2, -0.15) is 5.10 Å². The summed E-state index contributed by atoms with van der Waals surface area (Å²) in [6, 6.07) is 15.6. The fourth-order valence-corrected chi connectivity index (χ4v) is 6.40. The van der Waals surface area contributed by atoms with E-state index in [1.807, 2.05) is 38.1 Å². The first-order valence-electron chi connectivity index (χ1n) is 17.4. The number of hydrogen-bond donors (Lipinski definition) is 3. The summed E-state index contributed by atoms with van der Waals surface area (Å²) in [5.74, 6) is -0.608. The molecule has 0 spiro atoms. The Kier molecular flexibility index (Phi) is 11.2. The number of carbonyl (C=O) groups is 4. The van der Waals surface area contributed by atoms with E-state index in [2.05, 4.69) is 25.8 Å². The van der Waals surface area contributed by atoms with Gasteiger partial charge in [-0.1, -0.05) is 31.2 Å². The van der Waals surface area contributed by atoms with Crippen LogP contribution in [0.3, 0.4) is 0 Å². The van der Waals surface area contributed by atoms with Crippen LogP contribution in [0, 0.1) is 19.7 Å². The van der Waals surface area contributed by atoms with Crippen LogP contribution >= 0.6 is 0 Å². The van der Waals surface area contributed by atoms with E-state index < -0.39 is 35.7 Å². The molecule has 0 aliphatic carbocycles. The second-order valence-electron chi connectivity index (χ2n) is 13.1. The first-order valence-corrected chi connectivity index (χ1v) is 17.4. The van der Waals surface area contributed by atoms with E-state index in [1.165, 1.54) is 35.2 Å². The van der Waals surface area contributed by atoms with Crippen LogP contribution in [0.5, 0.6) is 11.5 Å². The highest BCUT2D eigenvalue weighted by Gasteiger charge is 2.37. The second-order valence-corrected chi connectivity index (χ2v) is 13.1. The number of amides is 4. The van der Waals surface area contributed by atoms with E-state index in [-0.39, 0.29) is 74.3 Å². The SMILES string of the molecule is CCCN1CC(=O)N[C@@H]2CN(C(=O)Cc3ccccc3C)C[C@H]2OCc2cc(F)cc(c2)Oc2cc(C(=O)NCCc3n[nH]c(C)n3)cc(c2)C1=O. The summed E-state index contributed by atoms with van der Waals surface area (Å²) >= 11 is 0. The lowest BCUT2D eigenvalue weighted by atomic mass is 10.1. The molecule has 4 bridgehead atoms. The molecule has 2 aliphatic rings. The fraction of sp³-hybridized carbons (Fsp3) is 0.368. The monoisotopic (exact) mass is 711 g/mol. The number of likely N-dealkylation sites (tertiary alicyclic amines) is 1. The minimum atomic E-state index is -0.595. The number of benzene rings is 3. The molecule has 0 unspecified atom stereocenters. The number of aromatic nitrogens is 3. The summed E-state index contributed by atoms with van der Waals surface area (Å²) in [6.07, 6.45) is 0.544. The molecule has 1 aromatic heterocycles. The van der Waals surface area contributed by atoms with E-state index in [1.54, 1.807) is 17.9 Å². The normalized spacial score (nSPS) is 17.7. The predicted molar refractivity (Wildman–Crippen MR) is 188 cm³/mol. The first-order chi connectivity index (χ1) is 25.0. The van der Waals surface area contributed by atoms with Crippen molar-refractivity contribution in [3.8, 4) is 11.5 Å². The molecule has 0 saturated carbocycles. The lowest BCUT2D eigenvalue weighted by Crippen LogP contribution is -2.49. The van der Waals surface area contributed by atoms with Crippen LogP contribution in [-0.2, 0) is 33.8 Å². The van der Waals surface area contributed by atoms with Gasteiger partial charge in [0.2, 0.25) is 11.8 Å². The number of carbonyl (C=O) groups excluding carboxylic acids is 4. The quantitative estimate of drug-likeness (QED) is 0.250. The maximum atomic E-state index is 14.9. The predicted octanol–water partition coefficient (Wildman–Crippen LogP) is 3.65. The highest BCUT2D eigenvalue weighted by atomic mass is 19.1. The number of fused-ring (bicyclic) bond motifs is 5. The smallest absolute Gasteiger partial charge is 0.254 e. The van der Waals surface area contributed by atoms with Gasteiger partial charge in [0.05, 0.1) is 31.7 Å². The highest BCUT2D eigenvalue weighted by Crippen LogP contribution is 2.28. The molecule has 272 valence electrons. The van der Waals surface area contributed by atoms with Crippen molar-refractivity contribution in [1.29, 1.82) is 0 Å². The highest BCUT2D eigenvalue weighted by molar-refractivity contribution is 6.01. The fourth-order valence-electron chi connectivity index (χ4n) is 6.40. The number of aromatic amines is 1. The summed E-state index contributed by atoms with van der Waals surface area (Å²) in [5.41, 5.74) is 2.63. The van der Waals surface area contributed by atoms with Gasteiger partial charge < -0.3 is 29.9 Å². The molecular formula is C38H42FN7O6. The molecule has 1 fully saturated rings. The van der Waals surface area contributed by atoms with Gasteiger partial charge in [0, 0.05) is 49.8 Å². The molecule has 52 heavy (non-hydrogen) atoms. The number of hydrogen-bond acceptors (Lipinski definition) is 8. The van der Waals surface area contributed by atoms with Crippen molar-refractivity contribution in [1.82, 2.24) is 35.6 Å². The first kappa shape index (κ1) is 36.2. The molecule has 3 heterocycles. The molecule has 13 nitrogen and oxygen atoms in total. The minimum Gasteiger partial charge on any atom is -0.457 e. The van der Waals surface area contributed by atoms with Crippen LogP contribution in [0.1, 0.15) is 62.4 Å². The average Bonchev–Trinajstić information content (AvgIpc) is 3.72. The number of aryl methyl sites for hydroxylation is 2. The lowest BCUT2D eigenvalue weighted by Gasteiger charge is -2.25. The zero-order valence-corrected chi connectivity index (χ0v) is 29.4. The van der Waals surface area contributed by atoms with Crippen molar-refractivity contribution >= 4 is 23.6 Å². The van der Waals surface area contributed by atoms with Crippen molar-refractivity contribution in [2.45, 2.75) is 58.8 Å². The Hall–Kier alpha value is -5.63. The molecular weight excluding hydrogens is 669 g/mol. The maximum absolute atomic E-state index is 14.9. The second kappa shape index (κ2) is 16.1. The number of nitrogens with zero attached hydrogens (tertiary/aromatic N) is 4. The number of H-pyrrole nitrogens is 1. The van der Waals surface area contributed by atoms with E-state index >= 15 is 0 Å². The molecule has 4 aromatic rings. The summed E-state index contributed by atoms with van der Waals surface area (Å²) < 4.78 is 27.3. The average molecular weight is 712 g/mol. The molecule has 3 aromatic carbocycles. The summed E-state index contributed by atoms with van der Waals surface area (Å²) in [7, 11) is 0. The van der Waals surface area contributed by atoms with Gasteiger partial charge in [0.15, 0.2) is 5.82 Å². The molecule has 0 radical (unpaired) electrons. The van der Waals surface area contributed by atoms with Gasteiger partial charge in [-0.25, -0.2) is 9.37 Å². The Morgan fingerprint density at radius 2 is 1.85 bits per heavy atom.